The van der Waals surface area contributed by atoms with Gasteiger partial charge in [-0.3, -0.25) is 4.79 Å². The number of carbonyl (C=O) groups is 1. The van der Waals surface area contributed by atoms with Crippen molar-refractivity contribution in [2.45, 2.75) is 18.1 Å². The van der Waals surface area contributed by atoms with E-state index in [9.17, 15) is 4.79 Å². The number of hydrogen-bond acceptors (Lipinski definition) is 3. The predicted octanol–water partition coefficient (Wildman–Crippen LogP) is 1.92. The van der Waals surface area contributed by atoms with Crippen LogP contribution in [0.15, 0.2) is 23.3 Å². The van der Waals surface area contributed by atoms with E-state index in [1.54, 1.807) is 11.8 Å². The Kier molecular flexibility index (Phi) is 2.44. The van der Waals surface area contributed by atoms with Crippen LogP contribution in [0.5, 0.6) is 0 Å². The van der Waals surface area contributed by atoms with Crippen molar-refractivity contribution >= 4 is 17.7 Å². The Morgan fingerprint density at radius 3 is 3.31 bits per heavy atom. The summed E-state index contributed by atoms with van der Waals surface area (Å²) in [5, 5.41) is -0.0588. The normalized spacial score (nSPS) is 26.1. The summed E-state index contributed by atoms with van der Waals surface area (Å²) < 4.78 is 4.76. The fourth-order valence-corrected chi connectivity index (χ4v) is 3.07. The lowest BCUT2D eigenvalue weighted by molar-refractivity contribution is -0.139. The molecule has 1 atom stereocenters. The molecule has 70 valence electrons. The Bertz CT molecular complexity index is 291. The minimum absolute atomic E-state index is 0.0588. The molecule has 0 N–H and O–H groups in total. The van der Waals surface area contributed by atoms with Gasteiger partial charge in [0.1, 0.15) is 5.25 Å². The molecule has 0 aromatic heterocycles. The van der Waals surface area contributed by atoms with Gasteiger partial charge in [0.2, 0.25) is 0 Å². The van der Waals surface area contributed by atoms with E-state index in [1.807, 2.05) is 0 Å². The fourth-order valence-electron chi connectivity index (χ4n) is 1.73. The first-order valence-electron chi connectivity index (χ1n) is 4.41. The van der Waals surface area contributed by atoms with Gasteiger partial charge in [-0.05, 0) is 18.4 Å². The van der Waals surface area contributed by atoms with E-state index in [0.29, 0.717) is 0 Å². The molecule has 0 aromatic rings. The topological polar surface area (TPSA) is 26.3 Å². The van der Waals surface area contributed by atoms with Gasteiger partial charge in [-0.1, -0.05) is 17.7 Å². The Hall–Kier alpha value is -0.700. The van der Waals surface area contributed by atoms with Crippen molar-refractivity contribution in [2.24, 2.45) is 0 Å². The van der Waals surface area contributed by atoms with Crippen molar-refractivity contribution < 1.29 is 9.53 Å². The van der Waals surface area contributed by atoms with Crippen LogP contribution in [-0.4, -0.2) is 24.1 Å². The molecule has 2 aliphatic rings. The van der Waals surface area contributed by atoms with Crippen LogP contribution in [-0.2, 0) is 9.53 Å². The van der Waals surface area contributed by atoms with Crippen LogP contribution in [0.2, 0.25) is 0 Å². The Labute approximate surface area is 82.0 Å². The largest absolute Gasteiger partial charge is 0.468 e. The molecule has 0 aromatic carbocycles. The maximum atomic E-state index is 11.4. The molecule has 1 aliphatic carbocycles. The summed E-state index contributed by atoms with van der Waals surface area (Å²) in [5.41, 5.74) is 2.63. The number of hydrogen-bond donors (Lipinski definition) is 0. The first-order chi connectivity index (χ1) is 6.33. The van der Waals surface area contributed by atoms with Crippen molar-refractivity contribution in [3.8, 4) is 0 Å². The lowest BCUT2D eigenvalue weighted by Gasteiger charge is -2.11. The third-order valence-corrected chi connectivity index (χ3v) is 3.74. The van der Waals surface area contributed by atoms with Crippen molar-refractivity contribution in [1.82, 2.24) is 0 Å². The smallest absolute Gasteiger partial charge is 0.323 e. The number of allylic oxidation sites excluding steroid dienone is 2. The zero-order chi connectivity index (χ0) is 9.26. The number of esters is 1. The van der Waals surface area contributed by atoms with Crippen LogP contribution in [0.3, 0.4) is 0 Å². The fraction of sp³-hybridized carbons (Fsp3) is 0.500. The second-order valence-electron chi connectivity index (χ2n) is 3.21. The van der Waals surface area contributed by atoms with Gasteiger partial charge in [0.25, 0.3) is 0 Å². The van der Waals surface area contributed by atoms with Crippen LogP contribution in [0.4, 0.5) is 0 Å². The molecule has 1 heterocycles. The molecule has 1 aliphatic heterocycles. The molecule has 2 nitrogen and oxygen atoms in total. The minimum Gasteiger partial charge on any atom is -0.468 e. The Morgan fingerprint density at radius 1 is 1.69 bits per heavy atom. The number of thioether (sulfide) groups is 1. The van der Waals surface area contributed by atoms with Crippen LogP contribution < -0.4 is 0 Å². The highest BCUT2D eigenvalue weighted by atomic mass is 32.2. The maximum absolute atomic E-state index is 11.4. The molecule has 0 bridgehead atoms. The number of ether oxygens (including phenoxy) is 1. The summed E-state index contributed by atoms with van der Waals surface area (Å²) in [7, 11) is 1.45. The molecule has 0 saturated heterocycles. The van der Waals surface area contributed by atoms with Gasteiger partial charge in [-0.15, -0.1) is 11.8 Å². The molecule has 2 rings (SSSR count). The molecular formula is C10H12O2S. The average molecular weight is 196 g/mol. The van der Waals surface area contributed by atoms with Gasteiger partial charge < -0.3 is 4.74 Å². The third kappa shape index (κ3) is 1.53. The van der Waals surface area contributed by atoms with Gasteiger partial charge in [0.05, 0.1) is 7.11 Å². The standard InChI is InChI=1S/C10H12O2S/c1-12-10(11)9-8-5-3-2-4-7(8)6-13-9/h3,5,9H,2,4,6H2,1H3. The lowest BCUT2D eigenvalue weighted by Crippen LogP contribution is -2.18. The van der Waals surface area contributed by atoms with E-state index in [4.69, 9.17) is 4.74 Å². The van der Waals surface area contributed by atoms with E-state index in [-0.39, 0.29) is 11.2 Å². The van der Waals surface area contributed by atoms with Crippen LogP contribution in [0.1, 0.15) is 12.8 Å². The first-order valence-corrected chi connectivity index (χ1v) is 5.45. The summed E-state index contributed by atoms with van der Waals surface area (Å²) in [6.45, 7) is 0. The summed E-state index contributed by atoms with van der Waals surface area (Å²) >= 11 is 1.68. The second kappa shape index (κ2) is 3.58. The van der Waals surface area contributed by atoms with Gasteiger partial charge >= 0.3 is 5.97 Å². The zero-order valence-corrected chi connectivity index (χ0v) is 8.39. The Morgan fingerprint density at radius 2 is 2.54 bits per heavy atom. The Balaban J connectivity index is 2.21. The van der Waals surface area contributed by atoms with Crippen molar-refractivity contribution in [3.63, 3.8) is 0 Å². The van der Waals surface area contributed by atoms with Crippen molar-refractivity contribution in [3.05, 3.63) is 23.3 Å². The van der Waals surface area contributed by atoms with E-state index < -0.39 is 0 Å². The average Bonchev–Trinajstić information content (AvgIpc) is 2.60. The lowest BCUT2D eigenvalue weighted by atomic mass is 9.97. The van der Waals surface area contributed by atoms with Crippen LogP contribution >= 0.6 is 11.8 Å². The van der Waals surface area contributed by atoms with Crippen molar-refractivity contribution in [2.75, 3.05) is 12.9 Å². The highest BCUT2D eigenvalue weighted by Gasteiger charge is 2.31. The van der Waals surface area contributed by atoms with E-state index in [2.05, 4.69) is 12.2 Å². The first kappa shape index (κ1) is 8.88. The SMILES string of the molecule is COC(=O)C1SCC2=C1C=CCC2. The maximum Gasteiger partial charge on any atom is 0.323 e. The monoisotopic (exact) mass is 196 g/mol. The summed E-state index contributed by atoms with van der Waals surface area (Å²) in [6, 6.07) is 0. The highest BCUT2D eigenvalue weighted by molar-refractivity contribution is 8.01. The van der Waals surface area contributed by atoms with E-state index in [1.165, 1.54) is 18.3 Å². The van der Waals surface area contributed by atoms with Crippen molar-refractivity contribution in [1.29, 1.82) is 0 Å². The molecule has 0 amide bonds. The van der Waals surface area contributed by atoms with Crippen LogP contribution in [0.25, 0.3) is 0 Å². The van der Waals surface area contributed by atoms with Gasteiger partial charge in [-0.2, -0.15) is 0 Å². The number of methoxy groups -OCH3 is 1. The van der Waals surface area contributed by atoms with Gasteiger partial charge in [0.15, 0.2) is 0 Å². The van der Waals surface area contributed by atoms with Crippen LogP contribution in [0, 0.1) is 0 Å². The third-order valence-electron chi connectivity index (χ3n) is 2.44. The molecule has 13 heavy (non-hydrogen) atoms. The highest BCUT2D eigenvalue weighted by Crippen LogP contribution is 2.38. The number of rotatable bonds is 1. The second-order valence-corrected chi connectivity index (χ2v) is 4.31. The molecule has 0 fully saturated rings. The zero-order valence-electron chi connectivity index (χ0n) is 7.58. The van der Waals surface area contributed by atoms with E-state index >= 15 is 0 Å². The molecular weight excluding hydrogens is 184 g/mol. The van der Waals surface area contributed by atoms with E-state index in [0.717, 1.165) is 18.6 Å². The molecule has 3 heteroatoms. The molecule has 0 spiro atoms. The van der Waals surface area contributed by atoms with Gasteiger partial charge in [-0.25, -0.2) is 0 Å². The minimum atomic E-state index is -0.110. The molecule has 0 radical (unpaired) electrons. The quantitative estimate of drug-likeness (QED) is 0.599. The predicted molar refractivity (Wildman–Crippen MR) is 53.7 cm³/mol. The summed E-state index contributed by atoms with van der Waals surface area (Å²) in [5.74, 6) is 0.890. The molecule has 0 saturated carbocycles. The summed E-state index contributed by atoms with van der Waals surface area (Å²) in [4.78, 5) is 11.4. The number of carbonyl (C=O) groups excluding carboxylic acids is 1. The molecule has 1 unspecified atom stereocenters. The summed E-state index contributed by atoms with van der Waals surface area (Å²) in [6.07, 6.45) is 6.46. The van der Waals surface area contributed by atoms with Gasteiger partial charge in [0, 0.05) is 5.75 Å².